The van der Waals surface area contributed by atoms with Crippen LogP contribution in [0.2, 0.25) is 0 Å². The smallest absolute Gasteiger partial charge is 0.416 e. The normalized spacial score (nSPS) is 12.7. The molecule has 0 fully saturated rings. The summed E-state index contributed by atoms with van der Waals surface area (Å²) in [5, 5.41) is 9.15. The molecule has 0 aliphatic carbocycles. The zero-order valence-corrected chi connectivity index (χ0v) is 19.4. The Morgan fingerprint density at radius 3 is 1.24 bits per heavy atom. The van der Waals surface area contributed by atoms with Crippen LogP contribution in [0.1, 0.15) is 32.6 Å². The molecule has 0 aliphatic rings. The maximum atomic E-state index is 14.6. The van der Waals surface area contributed by atoms with Gasteiger partial charge in [0.15, 0.2) is 11.6 Å². The molecule has 0 amide bonds. The first-order valence-corrected chi connectivity index (χ1v) is 10.4. The predicted molar refractivity (Wildman–Crippen MR) is 108 cm³/mol. The second-order valence-corrected chi connectivity index (χ2v) is 7.96. The average Bonchev–Trinajstić information content (AvgIpc) is 2.83. The molecular weight excluding hydrogens is 622 g/mol. The Kier molecular flexibility index (Phi) is 8.21. The van der Waals surface area contributed by atoms with Crippen LogP contribution in [0.25, 0.3) is 0 Å². The summed E-state index contributed by atoms with van der Waals surface area (Å²) in [5.74, 6) is -12.6. The van der Waals surface area contributed by atoms with Gasteiger partial charge in [0.2, 0.25) is 5.75 Å². The van der Waals surface area contributed by atoms with Crippen LogP contribution >= 0.6 is 0 Å². The minimum atomic E-state index is -5.47. The molecule has 5 nitrogen and oxygen atoms in total. The van der Waals surface area contributed by atoms with Gasteiger partial charge in [-0.25, -0.2) is 9.18 Å². The van der Waals surface area contributed by atoms with Crippen molar-refractivity contribution in [3.8, 4) is 28.7 Å². The third-order valence-corrected chi connectivity index (χ3v) is 5.02. The summed E-state index contributed by atoms with van der Waals surface area (Å²) in [6, 6.07) is -1.20. The molecule has 19 heteroatoms. The molecule has 0 aliphatic heterocycles. The van der Waals surface area contributed by atoms with E-state index >= 15 is 0 Å². The lowest BCUT2D eigenvalue weighted by Gasteiger charge is -2.19. The van der Waals surface area contributed by atoms with Crippen molar-refractivity contribution in [2.75, 3.05) is 0 Å². The lowest BCUT2D eigenvalue weighted by atomic mass is 10.1. The summed E-state index contributed by atoms with van der Waals surface area (Å²) in [4.78, 5) is 14.5. The quantitative estimate of drug-likeness (QED) is 0.275. The van der Waals surface area contributed by atoms with Gasteiger partial charge in [-0.1, -0.05) is 0 Å². The van der Waals surface area contributed by atoms with E-state index in [1.807, 2.05) is 0 Å². The molecule has 0 heterocycles. The Morgan fingerprint density at radius 1 is 0.571 bits per heavy atom. The van der Waals surface area contributed by atoms with Gasteiger partial charge in [0.1, 0.15) is 17.1 Å². The number of carboxylic acids is 1. The second-order valence-electron chi connectivity index (χ2n) is 7.96. The van der Waals surface area contributed by atoms with Crippen molar-refractivity contribution in [2.45, 2.75) is 24.7 Å². The van der Waals surface area contributed by atoms with E-state index in [1.165, 1.54) is 0 Å². The average molecular weight is 630 g/mol. The van der Waals surface area contributed by atoms with E-state index in [0.29, 0.717) is 0 Å². The third kappa shape index (κ3) is 7.06. The molecule has 0 atom stereocenters. The Hall–Kier alpha value is -4.45. The standard InChI is InChI=1S/C23H8F14O5/c24-16-14(19(38)39)7-15(40-12-3-8(20(25,26)27)1-9(4-12)21(28,29)30)17(18(16)42-37)41-13-5-10(22(31,32)33)2-11(6-13)23(34,35)36/h1-7H,(H,38,39). The topological polar surface area (TPSA) is 65.0 Å². The molecule has 0 radical (unpaired) electrons. The van der Waals surface area contributed by atoms with Gasteiger partial charge in [-0.05, 0) is 36.4 Å². The second kappa shape index (κ2) is 10.8. The molecule has 0 aromatic heterocycles. The van der Waals surface area contributed by atoms with E-state index in [9.17, 15) is 66.4 Å². The molecule has 1 N–H and O–H groups in total. The molecular formula is C23H8F14O5. The molecule has 228 valence electrons. The van der Waals surface area contributed by atoms with E-state index in [4.69, 9.17) is 14.6 Å². The van der Waals surface area contributed by atoms with E-state index in [0.717, 1.165) is 0 Å². The van der Waals surface area contributed by atoms with E-state index < -0.39 is 93.1 Å². The maximum absolute atomic E-state index is 14.6. The van der Waals surface area contributed by atoms with E-state index in [2.05, 4.69) is 4.94 Å². The van der Waals surface area contributed by atoms with Gasteiger partial charge in [-0.2, -0.15) is 52.7 Å². The highest BCUT2D eigenvalue weighted by molar-refractivity contribution is 5.90. The van der Waals surface area contributed by atoms with Gasteiger partial charge in [0.05, 0.1) is 22.3 Å². The fraction of sp³-hybridized carbons (Fsp3) is 0.174. The Labute approximate surface area is 222 Å². The number of rotatable bonds is 6. The lowest BCUT2D eigenvalue weighted by molar-refractivity contribution is -0.144. The summed E-state index contributed by atoms with van der Waals surface area (Å²) < 4.78 is 196. The number of hydrogen-bond donors (Lipinski definition) is 1. The van der Waals surface area contributed by atoms with E-state index in [1.54, 1.807) is 0 Å². The van der Waals surface area contributed by atoms with Crippen LogP contribution in [-0.4, -0.2) is 11.1 Å². The van der Waals surface area contributed by atoms with Crippen molar-refractivity contribution >= 4 is 5.97 Å². The Morgan fingerprint density at radius 2 is 0.929 bits per heavy atom. The van der Waals surface area contributed by atoms with Gasteiger partial charge in [0, 0.05) is 10.6 Å². The van der Waals surface area contributed by atoms with Crippen LogP contribution in [-0.2, 0) is 24.7 Å². The maximum Gasteiger partial charge on any atom is 0.416 e. The van der Waals surface area contributed by atoms with Crippen molar-refractivity contribution in [2.24, 2.45) is 0 Å². The highest BCUT2D eigenvalue weighted by Gasteiger charge is 2.39. The molecule has 0 saturated heterocycles. The number of ether oxygens (including phenoxy) is 2. The van der Waals surface area contributed by atoms with Crippen LogP contribution in [0.15, 0.2) is 42.5 Å². The van der Waals surface area contributed by atoms with Gasteiger partial charge in [0.25, 0.3) is 5.75 Å². The van der Waals surface area contributed by atoms with Crippen molar-refractivity contribution in [3.63, 3.8) is 0 Å². The minimum absolute atomic E-state index is 0.0126. The molecule has 0 spiro atoms. The zero-order chi connectivity index (χ0) is 32.0. The molecule has 0 saturated carbocycles. The number of aromatic carboxylic acids is 1. The van der Waals surface area contributed by atoms with Crippen molar-refractivity contribution < 1.29 is 85.9 Å². The van der Waals surface area contributed by atoms with Crippen LogP contribution in [0.4, 0.5) is 61.6 Å². The molecule has 3 rings (SSSR count). The monoisotopic (exact) mass is 630 g/mol. The van der Waals surface area contributed by atoms with Gasteiger partial charge in [-0.3, -0.25) is 4.94 Å². The molecule has 42 heavy (non-hydrogen) atoms. The van der Waals surface area contributed by atoms with Crippen LogP contribution < -0.4 is 14.4 Å². The number of carboxylic acid groups (broad SMARTS) is 1. The van der Waals surface area contributed by atoms with E-state index in [-0.39, 0.29) is 42.5 Å². The first-order chi connectivity index (χ1) is 19.0. The first kappa shape index (κ1) is 32.1. The summed E-state index contributed by atoms with van der Waals surface area (Å²) in [5.41, 5.74) is -9.65. The fourth-order valence-electron chi connectivity index (χ4n) is 3.21. The van der Waals surface area contributed by atoms with Gasteiger partial charge in [-0.15, -0.1) is 0 Å². The van der Waals surface area contributed by atoms with Crippen LogP contribution in [0, 0.1) is 5.82 Å². The van der Waals surface area contributed by atoms with Gasteiger partial charge >= 0.3 is 30.7 Å². The number of benzene rings is 3. The molecule has 0 unspecified atom stereocenters. The molecule has 3 aromatic rings. The molecule has 0 bridgehead atoms. The van der Waals surface area contributed by atoms with Crippen molar-refractivity contribution in [1.82, 2.24) is 0 Å². The highest BCUT2D eigenvalue weighted by Crippen LogP contribution is 2.48. The predicted octanol–water partition coefficient (Wildman–Crippen LogP) is 9.45. The number of carbonyl (C=O) groups is 1. The fourth-order valence-corrected chi connectivity index (χ4v) is 3.21. The van der Waals surface area contributed by atoms with Crippen LogP contribution in [0.3, 0.4) is 0 Å². The summed E-state index contributed by atoms with van der Waals surface area (Å²) in [6.45, 7) is 0. The Balaban J connectivity index is 2.31. The largest absolute Gasteiger partial charge is 0.478 e. The summed E-state index contributed by atoms with van der Waals surface area (Å²) >= 11 is 0. The van der Waals surface area contributed by atoms with Gasteiger partial charge < -0.3 is 14.6 Å². The first-order valence-electron chi connectivity index (χ1n) is 10.4. The Bertz CT molecular complexity index is 1440. The lowest BCUT2D eigenvalue weighted by Crippen LogP contribution is -2.12. The SMILES string of the molecule is O=C(O)c1cc(Oc2cc(C(F)(F)F)cc(C(F)(F)F)c2)c(Oc2cc(C(F)(F)F)cc(C(F)(F)F)c2)c(OF)c1F. The van der Waals surface area contributed by atoms with Crippen molar-refractivity contribution in [1.29, 1.82) is 0 Å². The number of halogens is 14. The number of hydrogen-bond acceptors (Lipinski definition) is 4. The van der Waals surface area contributed by atoms with Crippen LogP contribution in [0.5, 0.6) is 28.7 Å². The third-order valence-electron chi connectivity index (χ3n) is 5.02. The van der Waals surface area contributed by atoms with Crippen molar-refractivity contribution in [3.05, 3.63) is 76.1 Å². The summed E-state index contributed by atoms with van der Waals surface area (Å²) in [7, 11) is 0. The number of alkyl halides is 12. The minimum Gasteiger partial charge on any atom is -0.478 e. The molecule has 3 aromatic carbocycles. The zero-order valence-electron chi connectivity index (χ0n) is 19.4. The summed E-state index contributed by atoms with van der Waals surface area (Å²) in [6.07, 6.45) is -21.8. The highest BCUT2D eigenvalue weighted by atomic mass is 19.4.